The lowest BCUT2D eigenvalue weighted by molar-refractivity contribution is -0.113. The number of nitrogens with zero attached hydrogens (tertiary/aromatic N) is 2. The van der Waals surface area contributed by atoms with Gasteiger partial charge >= 0.3 is 0 Å². The average Bonchev–Trinajstić information content (AvgIpc) is 3.30. The van der Waals surface area contributed by atoms with E-state index in [0.717, 1.165) is 42.7 Å². The second kappa shape index (κ2) is 9.85. The second-order valence-corrected chi connectivity index (χ2v) is 9.27. The maximum absolute atomic E-state index is 12.5. The number of anilines is 3. The molecule has 0 radical (unpaired) electrons. The Bertz CT molecular complexity index is 1370. The molecule has 0 spiro atoms. The second-order valence-electron chi connectivity index (χ2n) is 7.28. The molecule has 0 atom stereocenters. The lowest BCUT2D eigenvalue weighted by Gasteiger charge is -2.08. The molecule has 7 heteroatoms. The monoisotopic (exact) mass is 468 g/mol. The Hall–Kier alpha value is -3.68. The zero-order valence-electron chi connectivity index (χ0n) is 17.6. The van der Waals surface area contributed by atoms with Crippen molar-refractivity contribution in [2.75, 3.05) is 16.4 Å². The first-order valence-electron chi connectivity index (χ1n) is 10.4. The number of benzene rings is 3. The molecule has 0 saturated carbocycles. The van der Waals surface area contributed by atoms with Gasteiger partial charge < -0.3 is 10.6 Å². The van der Waals surface area contributed by atoms with E-state index in [1.807, 2.05) is 72.8 Å². The number of thiophene rings is 1. The molecular formula is C26H20N4OS2. The maximum atomic E-state index is 12.5. The summed E-state index contributed by atoms with van der Waals surface area (Å²) in [6, 6.07) is 30.0. The average molecular weight is 469 g/mol. The van der Waals surface area contributed by atoms with Crippen LogP contribution in [-0.2, 0) is 4.79 Å². The van der Waals surface area contributed by atoms with E-state index in [1.54, 1.807) is 17.7 Å². The van der Waals surface area contributed by atoms with Crippen LogP contribution in [0, 0.1) is 0 Å². The van der Waals surface area contributed by atoms with E-state index >= 15 is 0 Å². The summed E-state index contributed by atoms with van der Waals surface area (Å²) in [6.07, 6.45) is 1.56. The molecule has 0 aliphatic heterocycles. The van der Waals surface area contributed by atoms with E-state index in [2.05, 4.69) is 38.8 Å². The lowest BCUT2D eigenvalue weighted by atomic mass is 10.2. The standard InChI is InChI=1S/C26H20N4OS2/c31-24(30-21-13-11-20(12-14-21)29-19-9-5-2-6-10-19)16-32-25-22-15-23(18-7-3-1-4-8-18)33-26(22)28-17-27-25/h1-15,17,29H,16H2,(H,30,31). The summed E-state index contributed by atoms with van der Waals surface area (Å²) < 4.78 is 0. The van der Waals surface area contributed by atoms with Crippen LogP contribution in [0.4, 0.5) is 17.1 Å². The van der Waals surface area contributed by atoms with Crippen LogP contribution < -0.4 is 10.6 Å². The SMILES string of the molecule is O=C(CSc1ncnc2sc(-c3ccccc3)cc12)Nc1ccc(Nc2ccccc2)cc1. The summed E-state index contributed by atoms with van der Waals surface area (Å²) in [5.74, 6) is 0.196. The summed E-state index contributed by atoms with van der Waals surface area (Å²) in [6.45, 7) is 0. The van der Waals surface area contributed by atoms with Gasteiger partial charge in [-0.15, -0.1) is 11.3 Å². The number of para-hydroxylation sites is 1. The van der Waals surface area contributed by atoms with E-state index in [-0.39, 0.29) is 11.7 Å². The first kappa shape index (κ1) is 21.2. The Morgan fingerprint density at radius 3 is 2.24 bits per heavy atom. The molecule has 5 nitrogen and oxygen atoms in total. The molecule has 0 aliphatic carbocycles. The van der Waals surface area contributed by atoms with Crippen LogP contribution >= 0.6 is 23.1 Å². The number of fused-ring (bicyclic) bond motifs is 1. The largest absolute Gasteiger partial charge is 0.356 e. The van der Waals surface area contributed by atoms with Gasteiger partial charge in [0.05, 0.1) is 5.75 Å². The fraction of sp³-hybridized carbons (Fsp3) is 0.0385. The minimum atomic E-state index is -0.0750. The van der Waals surface area contributed by atoms with Crippen molar-refractivity contribution >= 4 is 56.3 Å². The molecule has 2 N–H and O–H groups in total. The highest BCUT2D eigenvalue weighted by Crippen LogP contribution is 2.36. The minimum absolute atomic E-state index is 0.0750. The smallest absolute Gasteiger partial charge is 0.234 e. The molecule has 0 aliphatic rings. The van der Waals surface area contributed by atoms with Gasteiger partial charge in [-0.3, -0.25) is 4.79 Å². The van der Waals surface area contributed by atoms with Gasteiger partial charge in [0, 0.05) is 27.3 Å². The van der Waals surface area contributed by atoms with Crippen LogP contribution in [0.3, 0.4) is 0 Å². The predicted molar refractivity (Wildman–Crippen MR) is 138 cm³/mol. The Morgan fingerprint density at radius 2 is 1.48 bits per heavy atom. The topological polar surface area (TPSA) is 66.9 Å². The molecule has 0 saturated heterocycles. The maximum Gasteiger partial charge on any atom is 0.234 e. The predicted octanol–water partition coefficient (Wildman–Crippen LogP) is 6.83. The zero-order chi connectivity index (χ0) is 22.5. The van der Waals surface area contributed by atoms with Crippen molar-refractivity contribution in [3.8, 4) is 10.4 Å². The Balaban J connectivity index is 1.22. The number of rotatable bonds is 7. The Labute approximate surface area is 199 Å². The van der Waals surface area contributed by atoms with Crippen molar-refractivity contribution < 1.29 is 4.79 Å². The molecule has 33 heavy (non-hydrogen) atoms. The lowest BCUT2D eigenvalue weighted by Crippen LogP contribution is -2.14. The highest BCUT2D eigenvalue weighted by molar-refractivity contribution is 8.00. The summed E-state index contributed by atoms with van der Waals surface area (Å²) in [5.41, 5.74) is 3.89. The first-order valence-corrected chi connectivity index (χ1v) is 12.2. The third kappa shape index (κ3) is 5.22. The van der Waals surface area contributed by atoms with Crippen molar-refractivity contribution in [2.24, 2.45) is 0 Å². The zero-order valence-corrected chi connectivity index (χ0v) is 19.2. The van der Waals surface area contributed by atoms with Crippen LogP contribution in [0.2, 0.25) is 0 Å². The van der Waals surface area contributed by atoms with E-state index < -0.39 is 0 Å². The molecule has 0 bridgehead atoms. The summed E-state index contributed by atoms with van der Waals surface area (Å²) >= 11 is 3.05. The van der Waals surface area contributed by atoms with Crippen molar-refractivity contribution in [2.45, 2.75) is 5.03 Å². The van der Waals surface area contributed by atoms with Gasteiger partial charge in [-0.1, -0.05) is 60.3 Å². The van der Waals surface area contributed by atoms with E-state index in [0.29, 0.717) is 0 Å². The normalized spacial score (nSPS) is 10.8. The van der Waals surface area contributed by atoms with Crippen LogP contribution in [0.25, 0.3) is 20.7 Å². The van der Waals surface area contributed by atoms with Gasteiger partial charge in [0.1, 0.15) is 16.2 Å². The van der Waals surface area contributed by atoms with Crippen LogP contribution in [0.15, 0.2) is 102 Å². The summed E-state index contributed by atoms with van der Waals surface area (Å²) in [5, 5.41) is 8.08. The molecular weight excluding hydrogens is 448 g/mol. The van der Waals surface area contributed by atoms with Crippen molar-refractivity contribution in [1.29, 1.82) is 0 Å². The first-order chi connectivity index (χ1) is 16.2. The highest BCUT2D eigenvalue weighted by atomic mass is 32.2. The molecule has 0 fully saturated rings. The molecule has 5 aromatic rings. The quantitative estimate of drug-likeness (QED) is 0.202. The van der Waals surface area contributed by atoms with Crippen LogP contribution in [0.5, 0.6) is 0 Å². The number of carbonyl (C=O) groups is 1. The van der Waals surface area contributed by atoms with Gasteiger partial charge in [-0.25, -0.2) is 9.97 Å². The number of thioether (sulfide) groups is 1. The summed E-state index contributed by atoms with van der Waals surface area (Å²) in [7, 11) is 0. The van der Waals surface area contributed by atoms with Gasteiger partial charge in [-0.2, -0.15) is 0 Å². The Morgan fingerprint density at radius 1 is 0.818 bits per heavy atom. The van der Waals surface area contributed by atoms with Crippen LogP contribution in [0.1, 0.15) is 0 Å². The number of carbonyl (C=O) groups excluding carboxylic acids is 1. The molecule has 2 heterocycles. The van der Waals surface area contributed by atoms with E-state index in [1.165, 1.54) is 11.8 Å². The fourth-order valence-corrected chi connectivity index (χ4v) is 5.19. The molecule has 2 aromatic heterocycles. The molecule has 162 valence electrons. The molecule has 0 unspecified atom stereocenters. The number of nitrogens with one attached hydrogen (secondary N) is 2. The van der Waals surface area contributed by atoms with Gasteiger partial charge in [0.2, 0.25) is 5.91 Å². The minimum Gasteiger partial charge on any atom is -0.356 e. The number of hydrogen-bond donors (Lipinski definition) is 2. The molecule has 5 rings (SSSR count). The fourth-order valence-electron chi connectivity index (χ4n) is 3.35. The van der Waals surface area contributed by atoms with E-state index in [4.69, 9.17) is 0 Å². The third-order valence-corrected chi connectivity index (χ3v) is 7.02. The van der Waals surface area contributed by atoms with Crippen molar-refractivity contribution in [1.82, 2.24) is 9.97 Å². The molecule has 3 aromatic carbocycles. The van der Waals surface area contributed by atoms with Gasteiger partial charge in [-0.05, 0) is 48.0 Å². The van der Waals surface area contributed by atoms with Crippen LogP contribution in [-0.4, -0.2) is 21.6 Å². The highest BCUT2D eigenvalue weighted by Gasteiger charge is 2.12. The number of amides is 1. The van der Waals surface area contributed by atoms with Crippen molar-refractivity contribution in [3.05, 3.63) is 97.3 Å². The van der Waals surface area contributed by atoms with Gasteiger partial charge in [0.15, 0.2) is 0 Å². The van der Waals surface area contributed by atoms with E-state index in [9.17, 15) is 4.79 Å². The Kier molecular flexibility index (Phi) is 6.32. The third-order valence-electron chi connectivity index (χ3n) is 4.92. The molecule has 1 amide bonds. The summed E-state index contributed by atoms with van der Waals surface area (Å²) in [4.78, 5) is 23.4. The van der Waals surface area contributed by atoms with Gasteiger partial charge in [0.25, 0.3) is 0 Å². The number of hydrogen-bond acceptors (Lipinski definition) is 6. The number of aromatic nitrogens is 2. The van der Waals surface area contributed by atoms with Crippen molar-refractivity contribution in [3.63, 3.8) is 0 Å².